The Bertz CT molecular complexity index is 215. The highest BCUT2D eigenvalue weighted by molar-refractivity contribution is 4.79. The van der Waals surface area contributed by atoms with E-state index in [1.807, 2.05) is 6.92 Å². The van der Waals surface area contributed by atoms with Crippen molar-refractivity contribution in [1.82, 2.24) is 0 Å². The molecule has 18 heavy (non-hydrogen) atoms. The van der Waals surface area contributed by atoms with E-state index >= 15 is 0 Å². The van der Waals surface area contributed by atoms with Crippen LogP contribution in [0.1, 0.15) is 26.2 Å². The number of aliphatic hydroxyl groups is 1. The second kappa shape index (κ2) is 8.82. The van der Waals surface area contributed by atoms with E-state index in [1.54, 1.807) is 7.11 Å². The molecule has 0 radical (unpaired) electrons. The molecule has 1 saturated carbocycles. The van der Waals surface area contributed by atoms with Crippen LogP contribution in [-0.2, 0) is 14.2 Å². The van der Waals surface area contributed by atoms with Gasteiger partial charge in [-0.15, -0.1) is 0 Å². The molecule has 0 heterocycles. The Morgan fingerprint density at radius 3 is 2.72 bits per heavy atom. The van der Waals surface area contributed by atoms with Gasteiger partial charge in [0.15, 0.2) is 0 Å². The molecule has 1 aliphatic rings. The molecule has 4 unspecified atom stereocenters. The van der Waals surface area contributed by atoms with E-state index in [2.05, 4.69) is 0 Å². The Labute approximate surface area is 110 Å². The van der Waals surface area contributed by atoms with Gasteiger partial charge in [-0.05, 0) is 32.2 Å². The zero-order chi connectivity index (χ0) is 13.4. The lowest BCUT2D eigenvalue weighted by atomic mass is 10.1. The molecule has 3 N–H and O–H groups in total. The van der Waals surface area contributed by atoms with Crippen LogP contribution in [0, 0.1) is 5.92 Å². The van der Waals surface area contributed by atoms with Gasteiger partial charge in [0.05, 0.1) is 32.0 Å². The fourth-order valence-corrected chi connectivity index (χ4v) is 2.33. The molecule has 0 aliphatic heterocycles. The molecule has 4 atom stereocenters. The van der Waals surface area contributed by atoms with Gasteiger partial charge in [0.25, 0.3) is 0 Å². The van der Waals surface area contributed by atoms with E-state index < -0.39 is 6.10 Å². The minimum Gasteiger partial charge on any atom is -0.388 e. The normalized spacial score (nSPS) is 27.3. The standard InChI is InChI=1S/C13H27NO4/c1-10(7-16-2)17-8-12(15)9-18-13-5-3-4-11(13)6-14/h10-13,15H,3-9,14H2,1-2H3. The Balaban J connectivity index is 2.11. The molecule has 108 valence electrons. The van der Waals surface area contributed by atoms with Gasteiger partial charge in [-0.2, -0.15) is 0 Å². The molecule has 0 bridgehead atoms. The van der Waals surface area contributed by atoms with Crippen molar-refractivity contribution in [3.63, 3.8) is 0 Å². The average molecular weight is 261 g/mol. The van der Waals surface area contributed by atoms with Gasteiger partial charge in [0.2, 0.25) is 0 Å². The zero-order valence-corrected chi connectivity index (χ0v) is 11.5. The van der Waals surface area contributed by atoms with Gasteiger partial charge in [-0.25, -0.2) is 0 Å². The summed E-state index contributed by atoms with van der Waals surface area (Å²) in [6.45, 7) is 3.72. The van der Waals surface area contributed by atoms with Crippen molar-refractivity contribution in [2.24, 2.45) is 11.7 Å². The van der Waals surface area contributed by atoms with Crippen molar-refractivity contribution in [3.05, 3.63) is 0 Å². The van der Waals surface area contributed by atoms with Gasteiger partial charge in [0, 0.05) is 7.11 Å². The Kier molecular flexibility index (Phi) is 7.77. The molecule has 5 nitrogen and oxygen atoms in total. The Morgan fingerprint density at radius 2 is 2.06 bits per heavy atom. The predicted octanol–water partition coefficient (Wildman–Crippen LogP) is 0.543. The molecular weight excluding hydrogens is 234 g/mol. The van der Waals surface area contributed by atoms with Crippen LogP contribution >= 0.6 is 0 Å². The number of hydrogen-bond donors (Lipinski definition) is 2. The molecule has 1 aliphatic carbocycles. The van der Waals surface area contributed by atoms with Crippen LogP contribution in [0.4, 0.5) is 0 Å². The molecule has 0 aromatic heterocycles. The Morgan fingerprint density at radius 1 is 1.28 bits per heavy atom. The molecule has 0 amide bonds. The van der Waals surface area contributed by atoms with Crippen LogP contribution in [0.5, 0.6) is 0 Å². The topological polar surface area (TPSA) is 73.9 Å². The highest BCUT2D eigenvalue weighted by Crippen LogP contribution is 2.27. The van der Waals surface area contributed by atoms with E-state index in [1.165, 1.54) is 6.42 Å². The lowest BCUT2D eigenvalue weighted by Crippen LogP contribution is -2.31. The number of methoxy groups -OCH3 is 1. The summed E-state index contributed by atoms with van der Waals surface area (Å²) >= 11 is 0. The molecule has 5 heteroatoms. The summed E-state index contributed by atoms with van der Waals surface area (Å²) in [5, 5.41) is 9.76. The van der Waals surface area contributed by atoms with E-state index in [0.29, 0.717) is 25.7 Å². The van der Waals surface area contributed by atoms with Gasteiger partial charge in [0.1, 0.15) is 6.10 Å². The van der Waals surface area contributed by atoms with Gasteiger partial charge in [-0.3, -0.25) is 0 Å². The Hall–Kier alpha value is -0.200. The SMILES string of the molecule is COCC(C)OCC(O)COC1CCCC1CN. The summed E-state index contributed by atoms with van der Waals surface area (Å²) in [4.78, 5) is 0. The lowest BCUT2D eigenvalue weighted by Gasteiger charge is -2.21. The third kappa shape index (κ3) is 5.63. The smallest absolute Gasteiger partial charge is 0.101 e. The van der Waals surface area contributed by atoms with Crippen LogP contribution < -0.4 is 5.73 Å². The summed E-state index contributed by atoms with van der Waals surface area (Å²) < 4.78 is 16.1. The van der Waals surface area contributed by atoms with Gasteiger partial charge >= 0.3 is 0 Å². The highest BCUT2D eigenvalue weighted by Gasteiger charge is 2.27. The predicted molar refractivity (Wildman–Crippen MR) is 69.4 cm³/mol. The van der Waals surface area contributed by atoms with Crippen molar-refractivity contribution in [3.8, 4) is 0 Å². The van der Waals surface area contributed by atoms with Crippen molar-refractivity contribution < 1.29 is 19.3 Å². The number of ether oxygens (including phenoxy) is 3. The van der Waals surface area contributed by atoms with Crippen LogP contribution in [0.15, 0.2) is 0 Å². The molecule has 0 saturated heterocycles. The third-order valence-corrected chi connectivity index (χ3v) is 3.37. The summed E-state index contributed by atoms with van der Waals surface area (Å²) in [7, 11) is 1.63. The maximum Gasteiger partial charge on any atom is 0.101 e. The summed E-state index contributed by atoms with van der Waals surface area (Å²) in [6, 6.07) is 0. The van der Waals surface area contributed by atoms with Crippen LogP contribution in [0.25, 0.3) is 0 Å². The molecule has 1 fully saturated rings. The van der Waals surface area contributed by atoms with Crippen molar-refractivity contribution in [2.45, 2.75) is 44.5 Å². The zero-order valence-electron chi connectivity index (χ0n) is 11.5. The maximum absolute atomic E-state index is 9.76. The summed E-state index contributed by atoms with van der Waals surface area (Å²) in [5.41, 5.74) is 5.68. The molecule has 0 aromatic carbocycles. The first-order valence-electron chi connectivity index (χ1n) is 6.77. The monoisotopic (exact) mass is 261 g/mol. The summed E-state index contributed by atoms with van der Waals surface area (Å²) in [6.07, 6.45) is 2.98. The minimum absolute atomic E-state index is 0.00655. The van der Waals surface area contributed by atoms with Gasteiger partial charge in [-0.1, -0.05) is 6.42 Å². The van der Waals surface area contributed by atoms with Crippen LogP contribution in [0.2, 0.25) is 0 Å². The van der Waals surface area contributed by atoms with Crippen LogP contribution in [0.3, 0.4) is 0 Å². The minimum atomic E-state index is -0.580. The maximum atomic E-state index is 9.76. The first-order valence-corrected chi connectivity index (χ1v) is 6.77. The fourth-order valence-electron chi connectivity index (χ4n) is 2.33. The molecular formula is C13H27NO4. The third-order valence-electron chi connectivity index (χ3n) is 3.37. The van der Waals surface area contributed by atoms with E-state index in [-0.39, 0.29) is 18.8 Å². The number of hydrogen-bond acceptors (Lipinski definition) is 5. The largest absolute Gasteiger partial charge is 0.388 e. The highest BCUT2D eigenvalue weighted by atomic mass is 16.5. The van der Waals surface area contributed by atoms with Crippen LogP contribution in [-0.4, -0.2) is 56.9 Å². The number of aliphatic hydroxyl groups excluding tert-OH is 1. The van der Waals surface area contributed by atoms with E-state index in [4.69, 9.17) is 19.9 Å². The van der Waals surface area contributed by atoms with Crippen molar-refractivity contribution in [1.29, 1.82) is 0 Å². The first kappa shape index (κ1) is 15.9. The first-order chi connectivity index (χ1) is 8.67. The number of nitrogens with two attached hydrogens (primary N) is 1. The lowest BCUT2D eigenvalue weighted by molar-refractivity contribution is -0.0750. The molecule has 0 aromatic rings. The second-order valence-corrected chi connectivity index (χ2v) is 5.05. The van der Waals surface area contributed by atoms with Crippen molar-refractivity contribution >= 4 is 0 Å². The molecule has 0 spiro atoms. The quantitative estimate of drug-likeness (QED) is 0.634. The van der Waals surface area contributed by atoms with Gasteiger partial charge < -0.3 is 25.1 Å². The fraction of sp³-hybridized carbons (Fsp3) is 1.00. The second-order valence-electron chi connectivity index (χ2n) is 5.05. The average Bonchev–Trinajstić information content (AvgIpc) is 2.81. The van der Waals surface area contributed by atoms with E-state index in [9.17, 15) is 5.11 Å². The van der Waals surface area contributed by atoms with E-state index in [0.717, 1.165) is 12.8 Å². The van der Waals surface area contributed by atoms with Crippen molar-refractivity contribution in [2.75, 3.05) is 33.5 Å². The molecule has 1 rings (SSSR count). The summed E-state index contributed by atoms with van der Waals surface area (Å²) in [5.74, 6) is 0.450. The number of rotatable bonds is 9.